The molecule has 1 aliphatic rings. The summed E-state index contributed by atoms with van der Waals surface area (Å²) in [5, 5.41) is 2.97. The van der Waals surface area contributed by atoms with Crippen molar-refractivity contribution in [2.75, 3.05) is 42.1 Å². The van der Waals surface area contributed by atoms with E-state index < -0.39 is 0 Å². The fourth-order valence-electron chi connectivity index (χ4n) is 3.87. The quantitative estimate of drug-likeness (QED) is 0.364. The zero-order valence-electron chi connectivity index (χ0n) is 19.1. The van der Waals surface area contributed by atoms with Crippen molar-refractivity contribution < 1.29 is 9.59 Å². The van der Waals surface area contributed by atoms with Gasteiger partial charge in [-0.3, -0.25) is 9.59 Å². The first-order valence-corrected chi connectivity index (χ1v) is 12.7. The summed E-state index contributed by atoms with van der Waals surface area (Å²) in [5.74, 6) is 0.682. The molecule has 0 radical (unpaired) electrons. The predicted molar refractivity (Wildman–Crippen MR) is 134 cm³/mol. The van der Waals surface area contributed by atoms with Crippen molar-refractivity contribution in [3.05, 3.63) is 54.6 Å². The van der Waals surface area contributed by atoms with Crippen LogP contribution in [0.2, 0.25) is 0 Å². The molecule has 1 saturated heterocycles. The number of nitrogens with one attached hydrogen (secondary N) is 1. The molecule has 0 unspecified atom stereocenters. The van der Waals surface area contributed by atoms with E-state index in [1.54, 1.807) is 0 Å². The Kier molecular flexibility index (Phi) is 9.95. The van der Waals surface area contributed by atoms with E-state index in [-0.39, 0.29) is 5.91 Å². The van der Waals surface area contributed by atoms with Crippen molar-refractivity contribution in [2.45, 2.75) is 50.3 Å². The van der Waals surface area contributed by atoms with Crippen LogP contribution < -0.4 is 10.2 Å². The van der Waals surface area contributed by atoms with Gasteiger partial charge in [-0.2, -0.15) is 0 Å². The van der Waals surface area contributed by atoms with Gasteiger partial charge in [0.15, 0.2) is 0 Å². The topological polar surface area (TPSA) is 52.7 Å². The summed E-state index contributed by atoms with van der Waals surface area (Å²) >= 11 is 1.53. The molecule has 0 bridgehead atoms. The van der Waals surface area contributed by atoms with Gasteiger partial charge in [0, 0.05) is 48.9 Å². The molecule has 0 aliphatic carbocycles. The molecule has 172 valence electrons. The molecule has 0 saturated carbocycles. The lowest BCUT2D eigenvalue weighted by Gasteiger charge is -2.36. The van der Waals surface area contributed by atoms with E-state index in [0.717, 1.165) is 55.3 Å². The smallest absolute Gasteiger partial charge is 0.234 e. The van der Waals surface area contributed by atoms with Crippen molar-refractivity contribution >= 4 is 35.0 Å². The van der Waals surface area contributed by atoms with Crippen molar-refractivity contribution in [1.29, 1.82) is 0 Å². The molecule has 3 rings (SSSR count). The second kappa shape index (κ2) is 13.2. The van der Waals surface area contributed by atoms with E-state index in [1.165, 1.54) is 31.0 Å². The number of carbonyl (C=O) groups is 2. The fraction of sp³-hybridized carbons (Fsp3) is 0.462. The molecule has 6 heteroatoms. The maximum absolute atomic E-state index is 12.4. The SMILES string of the molecule is CCCCCCCC(=O)N1CCN(c2ccc(NC(=O)CSc3ccccc3)cc2)CC1. The average molecular weight is 454 g/mol. The number of amides is 2. The highest BCUT2D eigenvalue weighted by Gasteiger charge is 2.20. The molecule has 0 aromatic heterocycles. The van der Waals surface area contributed by atoms with Crippen LogP contribution in [0.4, 0.5) is 11.4 Å². The largest absolute Gasteiger partial charge is 0.368 e. The van der Waals surface area contributed by atoms with Gasteiger partial charge in [-0.05, 0) is 42.8 Å². The molecule has 0 spiro atoms. The second-order valence-corrected chi connectivity index (χ2v) is 9.28. The third-order valence-electron chi connectivity index (χ3n) is 5.76. The number of hydrogen-bond donors (Lipinski definition) is 1. The molecule has 32 heavy (non-hydrogen) atoms. The van der Waals surface area contributed by atoms with Crippen molar-refractivity contribution in [3.63, 3.8) is 0 Å². The molecule has 1 N–H and O–H groups in total. The van der Waals surface area contributed by atoms with E-state index in [2.05, 4.69) is 17.1 Å². The molecule has 1 aliphatic heterocycles. The summed E-state index contributed by atoms with van der Waals surface area (Å²) in [7, 11) is 0. The molecule has 1 heterocycles. The molecule has 0 atom stereocenters. The Labute approximate surface area is 196 Å². The van der Waals surface area contributed by atoms with Crippen LogP contribution in [0.5, 0.6) is 0 Å². The maximum atomic E-state index is 12.4. The summed E-state index contributed by atoms with van der Waals surface area (Å²) < 4.78 is 0. The van der Waals surface area contributed by atoms with Gasteiger partial charge in [-0.1, -0.05) is 50.8 Å². The van der Waals surface area contributed by atoms with Gasteiger partial charge in [0.05, 0.1) is 5.75 Å². The van der Waals surface area contributed by atoms with Crippen LogP contribution in [-0.4, -0.2) is 48.6 Å². The highest BCUT2D eigenvalue weighted by Crippen LogP contribution is 2.21. The minimum atomic E-state index is -0.00609. The Balaban J connectivity index is 1.38. The van der Waals surface area contributed by atoms with Crippen LogP contribution in [0.1, 0.15) is 45.4 Å². The number of anilines is 2. The lowest BCUT2D eigenvalue weighted by Crippen LogP contribution is -2.48. The number of hydrogen-bond acceptors (Lipinski definition) is 4. The standard InChI is InChI=1S/C26H35N3O2S/c1-2-3-4-5-9-12-26(31)29-19-17-28(18-20-29)23-15-13-22(14-16-23)27-25(30)21-32-24-10-7-6-8-11-24/h6-8,10-11,13-16H,2-5,9,12,17-21H2,1H3,(H,27,30). The zero-order valence-corrected chi connectivity index (χ0v) is 19.9. The number of benzene rings is 2. The molecule has 2 amide bonds. The van der Waals surface area contributed by atoms with E-state index in [0.29, 0.717) is 18.1 Å². The lowest BCUT2D eigenvalue weighted by atomic mass is 10.1. The van der Waals surface area contributed by atoms with Crippen LogP contribution in [0.3, 0.4) is 0 Å². The van der Waals surface area contributed by atoms with Gasteiger partial charge < -0.3 is 15.1 Å². The lowest BCUT2D eigenvalue weighted by molar-refractivity contribution is -0.131. The molecule has 2 aromatic rings. The first kappa shape index (κ1) is 24.2. The highest BCUT2D eigenvalue weighted by atomic mass is 32.2. The van der Waals surface area contributed by atoms with Crippen LogP contribution in [0.25, 0.3) is 0 Å². The van der Waals surface area contributed by atoms with Crippen LogP contribution in [-0.2, 0) is 9.59 Å². The summed E-state index contributed by atoms with van der Waals surface area (Å²) in [5.41, 5.74) is 1.94. The van der Waals surface area contributed by atoms with Gasteiger partial charge in [0.25, 0.3) is 0 Å². The number of carbonyl (C=O) groups excluding carboxylic acids is 2. The Morgan fingerprint density at radius 1 is 0.875 bits per heavy atom. The number of nitrogens with zero attached hydrogens (tertiary/aromatic N) is 2. The van der Waals surface area contributed by atoms with Crippen molar-refractivity contribution in [2.24, 2.45) is 0 Å². The second-order valence-electron chi connectivity index (χ2n) is 8.23. The molecular weight excluding hydrogens is 418 g/mol. The van der Waals surface area contributed by atoms with Gasteiger partial charge in [-0.25, -0.2) is 0 Å². The normalized spacial score (nSPS) is 13.8. The maximum Gasteiger partial charge on any atom is 0.234 e. The monoisotopic (exact) mass is 453 g/mol. The van der Waals surface area contributed by atoms with E-state index in [4.69, 9.17) is 0 Å². The minimum absolute atomic E-state index is 0.00609. The van der Waals surface area contributed by atoms with Crippen LogP contribution in [0.15, 0.2) is 59.5 Å². The Bertz CT molecular complexity index is 834. The van der Waals surface area contributed by atoms with Crippen LogP contribution in [0, 0.1) is 0 Å². The summed E-state index contributed by atoms with van der Waals surface area (Å²) in [6, 6.07) is 17.9. The zero-order chi connectivity index (χ0) is 22.6. The van der Waals surface area contributed by atoms with E-state index >= 15 is 0 Å². The summed E-state index contributed by atoms with van der Waals surface area (Å²) in [6.07, 6.45) is 6.59. The third kappa shape index (κ3) is 7.90. The van der Waals surface area contributed by atoms with Crippen LogP contribution >= 0.6 is 11.8 Å². The minimum Gasteiger partial charge on any atom is -0.368 e. The molecular formula is C26H35N3O2S. The molecule has 2 aromatic carbocycles. The van der Waals surface area contributed by atoms with Gasteiger partial charge in [0.1, 0.15) is 0 Å². The van der Waals surface area contributed by atoms with Gasteiger partial charge in [-0.15, -0.1) is 11.8 Å². The van der Waals surface area contributed by atoms with Crippen molar-refractivity contribution in [1.82, 2.24) is 4.90 Å². The third-order valence-corrected chi connectivity index (χ3v) is 6.77. The fourth-order valence-corrected chi connectivity index (χ4v) is 4.59. The van der Waals surface area contributed by atoms with E-state index in [1.807, 2.05) is 59.5 Å². The number of unbranched alkanes of at least 4 members (excludes halogenated alkanes) is 4. The summed E-state index contributed by atoms with van der Waals surface area (Å²) in [4.78, 5) is 30.1. The Morgan fingerprint density at radius 3 is 2.25 bits per heavy atom. The van der Waals surface area contributed by atoms with Crippen molar-refractivity contribution in [3.8, 4) is 0 Å². The van der Waals surface area contributed by atoms with Gasteiger partial charge >= 0.3 is 0 Å². The van der Waals surface area contributed by atoms with Gasteiger partial charge in [0.2, 0.25) is 11.8 Å². The first-order valence-electron chi connectivity index (χ1n) is 11.8. The highest BCUT2D eigenvalue weighted by molar-refractivity contribution is 8.00. The predicted octanol–water partition coefficient (Wildman–Crippen LogP) is 5.43. The number of rotatable bonds is 11. The first-order chi connectivity index (χ1) is 15.7. The number of thioether (sulfide) groups is 1. The number of piperazine rings is 1. The summed E-state index contributed by atoms with van der Waals surface area (Å²) in [6.45, 7) is 5.47. The molecule has 5 nitrogen and oxygen atoms in total. The average Bonchev–Trinajstić information content (AvgIpc) is 2.84. The Morgan fingerprint density at radius 2 is 1.56 bits per heavy atom. The molecule has 1 fully saturated rings. The van der Waals surface area contributed by atoms with E-state index in [9.17, 15) is 9.59 Å². The Hall–Kier alpha value is -2.47.